The van der Waals surface area contributed by atoms with Gasteiger partial charge in [-0.05, 0) is 91.3 Å². The van der Waals surface area contributed by atoms with E-state index in [0.29, 0.717) is 70.2 Å². The lowest BCUT2D eigenvalue weighted by Gasteiger charge is -2.45. The predicted octanol–water partition coefficient (Wildman–Crippen LogP) is 4.42. The fourth-order valence-electron chi connectivity index (χ4n) is 8.68. The number of piperidine rings is 2. The molecule has 3 aromatic rings. The van der Waals surface area contributed by atoms with Crippen molar-refractivity contribution in [2.24, 2.45) is 0 Å². The van der Waals surface area contributed by atoms with Crippen molar-refractivity contribution in [2.45, 2.75) is 81.3 Å². The van der Waals surface area contributed by atoms with Gasteiger partial charge in [-0.2, -0.15) is 13.2 Å². The van der Waals surface area contributed by atoms with Gasteiger partial charge >= 0.3 is 17.9 Å². The van der Waals surface area contributed by atoms with Crippen molar-refractivity contribution < 1.29 is 22.8 Å². The summed E-state index contributed by atoms with van der Waals surface area (Å²) in [6, 6.07) is 9.95. The van der Waals surface area contributed by atoms with Crippen LogP contribution in [0.3, 0.4) is 0 Å². The van der Waals surface area contributed by atoms with Crippen LogP contribution >= 0.6 is 15.9 Å². The lowest BCUT2D eigenvalue weighted by molar-refractivity contribution is -0.137. The summed E-state index contributed by atoms with van der Waals surface area (Å²) in [6.45, 7) is 3.10. The topological polar surface area (TPSA) is 123 Å². The summed E-state index contributed by atoms with van der Waals surface area (Å²) in [5, 5.41) is 2.89. The fraction of sp³-hybridized carbons (Fsp3) is 0.571. The molecule has 0 saturated carbocycles. The maximum Gasteiger partial charge on any atom is 0.418 e. The van der Waals surface area contributed by atoms with Crippen LogP contribution in [-0.2, 0) is 17.4 Å². The Hall–Kier alpha value is -3.56. The van der Waals surface area contributed by atoms with E-state index in [2.05, 4.69) is 43.1 Å². The fourth-order valence-corrected chi connectivity index (χ4v) is 9.18. The number of amides is 3. The van der Waals surface area contributed by atoms with Crippen molar-refractivity contribution in [3.8, 4) is 0 Å². The summed E-state index contributed by atoms with van der Waals surface area (Å²) >= 11 is 3.16. The molecule has 5 heterocycles. The summed E-state index contributed by atoms with van der Waals surface area (Å²) in [5.41, 5.74) is 5.94. The molecule has 2 bridgehead atoms. The Labute approximate surface area is 297 Å². The molecule has 1 aromatic heterocycles. The summed E-state index contributed by atoms with van der Waals surface area (Å²) in [4.78, 5) is 51.8. The number of nitrogens with zero attached hydrogens (tertiary/aromatic N) is 5. The van der Waals surface area contributed by atoms with Crippen molar-refractivity contribution >= 4 is 44.6 Å². The summed E-state index contributed by atoms with van der Waals surface area (Å²) < 4.78 is 43.4. The first-order chi connectivity index (χ1) is 23.9. The van der Waals surface area contributed by atoms with Crippen LogP contribution in [0.4, 0.5) is 23.7 Å². The van der Waals surface area contributed by atoms with E-state index in [1.54, 1.807) is 14.4 Å². The molecule has 4 aliphatic heterocycles. The van der Waals surface area contributed by atoms with Gasteiger partial charge in [-0.1, -0.05) is 12.1 Å². The number of aromatic amines is 1. The number of aromatic nitrogens is 2. The highest BCUT2D eigenvalue weighted by molar-refractivity contribution is 9.10. The predicted molar refractivity (Wildman–Crippen MR) is 188 cm³/mol. The maximum atomic E-state index is 14.1. The van der Waals surface area contributed by atoms with Crippen LogP contribution in [0.5, 0.6) is 0 Å². The van der Waals surface area contributed by atoms with Gasteiger partial charge < -0.3 is 30.7 Å². The Morgan fingerprint density at radius 1 is 0.940 bits per heavy atom. The van der Waals surface area contributed by atoms with Gasteiger partial charge in [-0.15, -0.1) is 0 Å². The molecule has 2 unspecified atom stereocenters. The largest absolute Gasteiger partial charge is 0.418 e. The average Bonchev–Trinajstić information content (AvgIpc) is 3.51. The molecule has 15 heteroatoms. The van der Waals surface area contributed by atoms with Gasteiger partial charge in [0, 0.05) is 74.3 Å². The first kappa shape index (κ1) is 34.9. The Morgan fingerprint density at radius 3 is 2.26 bits per heavy atom. The number of benzene rings is 2. The lowest BCUT2D eigenvalue weighted by Crippen LogP contribution is -2.59. The van der Waals surface area contributed by atoms with Crippen LogP contribution in [0.2, 0.25) is 0 Å². The highest BCUT2D eigenvalue weighted by atomic mass is 79.9. The molecule has 270 valence electrons. The third kappa shape index (κ3) is 6.88. The molecular formula is C35H44BrF3N8O3. The van der Waals surface area contributed by atoms with Crippen LogP contribution < -0.4 is 16.7 Å². The number of piperazine rings is 1. The first-order valence-corrected chi connectivity index (χ1v) is 18.3. The number of alkyl halides is 3. The average molecular weight is 762 g/mol. The quantitative estimate of drug-likeness (QED) is 0.320. The zero-order valence-electron chi connectivity index (χ0n) is 28.1. The number of nitrogens with two attached hydrogens (primary N) is 1. The number of nitrogens with one attached hydrogen (secondary N) is 2. The van der Waals surface area contributed by atoms with Crippen LogP contribution in [0.25, 0.3) is 11.0 Å². The zero-order valence-corrected chi connectivity index (χ0v) is 29.7. The van der Waals surface area contributed by atoms with Gasteiger partial charge in [0.2, 0.25) is 5.91 Å². The van der Waals surface area contributed by atoms with E-state index >= 15 is 0 Å². The monoisotopic (exact) mass is 760 g/mol. The number of anilines is 1. The molecule has 0 spiro atoms. The number of urea groups is 1. The number of halogens is 4. The van der Waals surface area contributed by atoms with E-state index in [9.17, 15) is 27.6 Å². The standard InChI is InChI=1S/C35H44BrF3N8O3/c1-43-23-6-7-24(43)20-25(19-23)44-12-14-45(15-13-44)32(48)29(18-21-16-26(35(37,38)39)31(40)27(36)17-21)42-33(49)46-10-8-22(9-11-46)47-30-5-3-2-4-28(30)41-34(47)50/h2-5,16-17,22-25,29H,6-15,18-20,40H2,1H3,(H,41,50)(H,42,49)/t23?,24?,25?,29-/m1/s1. The van der Waals surface area contributed by atoms with Crippen LogP contribution in [0.15, 0.2) is 45.7 Å². The SMILES string of the molecule is CN1C2CCC1CC(N1CCN(C(=O)[C@@H](Cc3cc(Br)c(N)c(C(F)(F)F)c3)NC(=O)N3CCC(n4c(=O)[nH]c5ccccc54)CC3)CC1)C2. The highest BCUT2D eigenvalue weighted by Gasteiger charge is 2.42. The third-order valence-corrected chi connectivity index (χ3v) is 12.1. The van der Waals surface area contributed by atoms with E-state index in [1.165, 1.54) is 18.9 Å². The van der Waals surface area contributed by atoms with Crippen molar-refractivity contribution in [1.29, 1.82) is 0 Å². The molecule has 4 N–H and O–H groups in total. The normalized spacial score (nSPS) is 24.5. The molecule has 7 rings (SSSR count). The number of imidazole rings is 1. The molecule has 0 radical (unpaired) electrons. The molecule has 11 nitrogen and oxygen atoms in total. The van der Waals surface area contributed by atoms with Gasteiger partial charge in [0.15, 0.2) is 0 Å². The Bertz CT molecular complexity index is 1780. The number of nitrogen functional groups attached to an aromatic ring is 1. The van der Waals surface area contributed by atoms with Crippen LogP contribution in [-0.4, -0.2) is 112 Å². The molecular weight excluding hydrogens is 717 g/mol. The second-order valence-electron chi connectivity index (χ2n) is 14.3. The van der Waals surface area contributed by atoms with E-state index in [4.69, 9.17) is 5.73 Å². The van der Waals surface area contributed by atoms with E-state index in [0.717, 1.165) is 29.9 Å². The molecule has 0 aliphatic carbocycles. The minimum Gasteiger partial charge on any atom is -0.397 e. The summed E-state index contributed by atoms with van der Waals surface area (Å²) in [6.07, 6.45) is 0.959. The Balaban J connectivity index is 1.05. The Morgan fingerprint density at radius 2 is 1.60 bits per heavy atom. The lowest BCUT2D eigenvalue weighted by atomic mass is 9.95. The molecule has 3 amide bonds. The van der Waals surface area contributed by atoms with Gasteiger partial charge in [-0.3, -0.25) is 14.3 Å². The number of para-hydroxylation sites is 2. The molecule has 4 aliphatic rings. The van der Waals surface area contributed by atoms with Crippen molar-refractivity contribution in [3.63, 3.8) is 0 Å². The molecule has 2 aromatic carbocycles. The van der Waals surface area contributed by atoms with Crippen LogP contribution in [0, 0.1) is 0 Å². The highest BCUT2D eigenvalue weighted by Crippen LogP contribution is 2.39. The zero-order chi connectivity index (χ0) is 35.3. The minimum absolute atomic E-state index is 0.0788. The molecule has 3 atom stereocenters. The van der Waals surface area contributed by atoms with E-state index in [1.807, 2.05) is 24.3 Å². The van der Waals surface area contributed by atoms with Gasteiger partial charge in [0.25, 0.3) is 0 Å². The van der Waals surface area contributed by atoms with Crippen molar-refractivity contribution in [1.82, 2.24) is 34.5 Å². The van der Waals surface area contributed by atoms with Crippen LogP contribution in [0.1, 0.15) is 55.7 Å². The second-order valence-corrected chi connectivity index (χ2v) is 15.2. The van der Waals surface area contributed by atoms with Gasteiger partial charge in [-0.25, -0.2) is 9.59 Å². The first-order valence-electron chi connectivity index (χ1n) is 17.5. The number of H-pyrrole nitrogens is 1. The minimum atomic E-state index is -4.69. The van der Waals surface area contributed by atoms with Crippen molar-refractivity contribution in [2.75, 3.05) is 52.0 Å². The smallest absolute Gasteiger partial charge is 0.397 e. The maximum absolute atomic E-state index is 14.1. The summed E-state index contributed by atoms with van der Waals surface area (Å²) in [7, 11) is 2.22. The van der Waals surface area contributed by atoms with Gasteiger partial charge in [0.1, 0.15) is 6.04 Å². The van der Waals surface area contributed by atoms with E-state index in [-0.39, 0.29) is 34.1 Å². The molecule has 50 heavy (non-hydrogen) atoms. The van der Waals surface area contributed by atoms with Gasteiger partial charge in [0.05, 0.1) is 22.3 Å². The summed E-state index contributed by atoms with van der Waals surface area (Å²) in [5.74, 6) is -0.316. The van der Waals surface area contributed by atoms with Crippen molar-refractivity contribution in [3.05, 3.63) is 62.5 Å². The number of rotatable bonds is 6. The molecule has 4 saturated heterocycles. The van der Waals surface area contributed by atoms with E-state index < -0.39 is 29.5 Å². The number of carbonyl (C=O) groups is 2. The Kier molecular flexibility index (Phi) is 9.67. The number of hydrogen-bond donors (Lipinski definition) is 3. The number of fused-ring (bicyclic) bond motifs is 3. The number of hydrogen-bond acceptors (Lipinski definition) is 6. The number of carbonyl (C=O) groups excluding carboxylic acids is 2. The molecule has 4 fully saturated rings. The number of likely N-dealkylation sites (tertiary alicyclic amines) is 1. The third-order valence-electron chi connectivity index (χ3n) is 11.5. The second kappa shape index (κ2) is 13.9.